The molecule has 0 aliphatic rings. The molecule has 2 nitrogen and oxygen atoms in total. The molecule has 0 radical (unpaired) electrons. The predicted molar refractivity (Wildman–Crippen MR) is 80.3 cm³/mol. The lowest BCUT2D eigenvalue weighted by Gasteiger charge is -2.13. The van der Waals surface area contributed by atoms with Crippen LogP contribution in [-0.4, -0.2) is 6.54 Å². The summed E-state index contributed by atoms with van der Waals surface area (Å²) in [6.45, 7) is 3.32. The van der Waals surface area contributed by atoms with Gasteiger partial charge in [0.25, 0.3) is 0 Å². The minimum atomic E-state index is 0.610. The fourth-order valence-electron chi connectivity index (χ4n) is 1.84. The molecule has 0 amide bonds. The van der Waals surface area contributed by atoms with Crippen LogP contribution in [0, 0.1) is 6.92 Å². The normalized spacial score (nSPS) is 10.6. The van der Waals surface area contributed by atoms with E-state index in [0.717, 1.165) is 22.2 Å². The summed E-state index contributed by atoms with van der Waals surface area (Å²) in [6, 6.07) is 8.29. The third kappa shape index (κ3) is 3.34. The van der Waals surface area contributed by atoms with Gasteiger partial charge in [0.2, 0.25) is 0 Å². The molecule has 0 unspecified atom stereocenters. The van der Waals surface area contributed by atoms with Gasteiger partial charge in [0, 0.05) is 14.7 Å². The molecule has 0 aliphatic heterocycles. The third-order valence-corrected chi connectivity index (χ3v) is 4.36. The summed E-state index contributed by atoms with van der Waals surface area (Å²) in [5, 5.41) is 2.07. The van der Waals surface area contributed by atoms with Gasteiger partial charge in [0.1, 0.15) is 12.4 Å². The van der Waals surface area contributed by atoms with Gasteiger partial charge in [-0.2, -0.15) is 0 Å². The maximum Gasteiger partial charge on any atom is 0.125 e. The first kappa shape index (κ1) is 13.6. The minimum absolute atomic E-state index is 0.610. The van der Waals surface area contributed by atoms with Crippen molar-refractivity contribution in [2.75, 3.05) is 6.54 Å². The number of hydrogen-bond acceptors (Lipinski definition) is 3. The Kier molecular flexibility index (Phi) is 4.80. The van der Waals surface area contributed by atoms with Gasteiger partial charge >= 0.3 is 0 Å². The topological polar surface area (TPSA) is 35.2 Å². The Balaban J connectivity index is 2.12. The van der Waals surface area contributed by atoms with Crippen LogP contribution in [0.2, 0.25) is 0 Å². The zero-order chi connectivity index (χ0) is 13.0. The quantitative estimate of drug-likeness (QED) is 0.904. The SMILES string of the molecule is Cc1cccc(CCN)c1OCc1cc(Br)cs1. The second-order valence-electron chi connectivity index (χ2n) is 4.12. The molecule has 18 heavy (non-hydrogen) atoms. The molecular weight excluding hydrogens is 310 g/mol. The van der Waals surface area contributed by atoms with Crippen molar-refractivity contribution in [2.45, 2.75) is 20.0 Å². The zero-order valence-corrected chi connectivity index (χ0v) is 12.7. The zero-order valence-electron chi connectivity index (χ0n) is 10.3. The van der Waals surface area contributed by atoms with Gasteiger partial charge in [0.15, 0.2) is 0 Å². The summed E-state index contributed by atoms with van der Waals surface area (Å²) in [4.78, 5) is 1.21. The monoisotopic (exact) mass is 325 g/mol. The summed E-state index contributed by atoms with van der Waals surface area (Å²) in [6.07, 6.45) is 0.852. The van der Waals surface area contributed by atoms with Crippen LogP contribution >= 0.6 is 27.3 Å². The second-order valence-corrected chi connectivity index (χ2v) is 6.03. The number of aryl methyl sites for hydroxylation is 1. The maximum absolute atomic E-state index is 5.95. The summed E-state index contributed by atoms with van der Waals surface area (Å²) in [7, 11) is 0. The number of rotatable bonds is 5. The maximum atomic E-state index is 5.95. The van der Waals surface area contributed by atoms with E-state index >= 15 is 0 Å². The number of halogens is 1. The van der Waals surface area contributed by atoms with E-state index in [1.807, 2.05) is 0 Å². The van der Waals surface area contributed by atoms with Crippen molar-refractivity contribution in [3.05, 3.63) is 50.1 Å². The van der Waals surface area contributed by atoms with E-state index in [4.69, 9.17) is 10.5 Å². The highest BCUT2D eigenvalue weighted by Crippen LogP contribution is 2.26. The molecule has 4 heteroatoms. The summed E-state index contributed by atoms with van der Waals surface area (Å²) in [5.41, 5.74) is 7.98. The van der Waals surface area contributed by atoms with Gasteiger partial charge in [-0.3, -0.25) is 0 Å². The molecule has 96 valence electrons. The summed E-state index contributed by atoms with van der Waals surface area (Å²) in [5.74, 6) is 0.979. The lowest BCUT2D eigenvalue weighted by atomic mass is 10.1. The Labute approximate surface area is 120 Å². The Morgan fingerprint density at radius 1 is 1.39 bits per heavy atom. The molecule has 1 aromatic heterocycles. The fourth-order valence-corrected chi connectivity index (χ4v) is 3.21. The number of nitrogens with two attached hydrogens (primary N) is 1. The van der Waals surface area contributed by atoms with Crippen LogP contribution in [-0.2, 0) is 13.0 Å². The Morgan fingerprint density at radius 2 is 2.22 bits per heavy atom. The molecule has 0 fully saturated rings. The molecule has 2 aromatic rings. The van der Waals surface area contributed by atoms with Crippen molar-refractivity contribution in [1.82, 2.24) is 0 Å². The molecule has 0 aliphatic carbocycles. The van der Waals surface area contributed by atoms with Crippen molar-refractivity contribution in [3.8, 4) is 5.75 Å². The van der Waals surface area contributed by atoms with E-state index in [2.05, 4.69) is 52.5 Å². The summed E-state index contributed by atoms with van der Waals surface area (Å²) >= 11 is 5.15. The van der Waals surface area contributed by atoms with Crippen LogP contribution in [0.15, 0.2) is 34.1 Å². The number of thiophene rings is 1. The lowest BCUT2D eigenvalue weighted by molar-refractivity contribution is 0.304. The van der Waals surface area contributed by atoms with Crippen molar-refractivity contribution in [1.29, 1.82) is 0 Å². The number of ether oxygens (including phenoxy) is 1. The molecule has 0 saturated heterocycles. The molecule has 1 aromatic carbocycles. The van der Waals surface area contributed by atoms with E-state index in [9.17, 15) is 0 Å². The fraction of sp³-hybridized carbons (Fsp3) is 0.286. The Morgan fingerprint density at radius 3 is 2.89 bits per heavy atom. The van der Waals surface area contributed by atoms with Gasteiger partial charge in [-0.15, -0.1) is 11.3 Å². The van der Waals surface area contributed by atoms with Crippen molar-refractivity contribution >= 4 is 27.3 Å². The largest absolute Gasteiger partial charge is 0.488 e. The van der Waals surface area contributed by atoms with E-state index in [1.54, 1.807) is 11.3 Å². The molecule has 0 saturated carbocycles. The first-order chi connectivity index (χ1) is 8.70. The predicted octanol–water partition coefficient (Wildman–Crippen LogP) is 3.90. The highest BCUT2D eigenvalue weighted by atomic mass is 79.9. The molecular formula is C14H16BrNOS. The van der Waals surface area contributed by atoms with Crippen LogP contribution in [0.4, 0.5) is 0 Å². The lowest BCUT2D eigenvalue weighted by Crippen LogP contribution is -2.06. The molecule has 1 heterocycles. The smallest absolute Gasteiger partial charge is 0.125 e. The molecule has 2 rings (SSSR count). The summed E-state index contributed by atoms with van der Waals surface area (Å²) < 4.78 is 7.06. The van der Waals surface area contributed by atoms with E-state index in [-0.39, 0.29) is 0 Å². The van der Waals surface area contributed by atoms with E-state index in [0.29, 0.717) is 13.2 Å². The second kappa shape index (κ2) is 6.36. The highest BCUT2D eigenvalue weighted by Gasteiger charge is 2.07. The molecule has 0 bridgehead atoms. The van der Waals surface area contributed by atoms with Crippen molar-refractivity contribution in [3.63, 3.8) is 0 Å². The average Bonchev–Trinajstić information content (AvgIpc) is 2.75. The Hall–Kier alpha value is -0.840. The van der Waals surface area contributed by atoms with Gasteiger partial charge < -0.3 is 10.5 Å². The standard InChI is InChI=1S/C14H16BrNOS/c1-10-3-2-4-11(5-6-16)14(10)17-8-13-7-12(15)9-18-13/h2-4,7,9H,5-6,8,16H2,1H3. The molecule has 0 spiro atoms. The van der Waals surface area contributed by atoms with Crippen LogP contribution < -0.4 is 10.5 Å². The Bertz CT molecular complexity index is 524. The number of hydrogen-bond donors (Lipinski definition) is 1. The molecule has 2 N–H and O–H groups in total. The van der Waals surface area contributed by atoms with Crippen LogP contribution in [0.5, 0.6) is 5.75 Å². The molecule has 0 atom stereocenters. The van der Waals surface area contributed by atoms with Crippen LogP contribution in [0.1, 0.15) is 16.0 Å². The van der Waals surface area contributed by atoms with Gasteiger partial charge in [-0.1, -0.05) is 18.2 Å². The first-order valence-electron chi connectivity index (χ1n) is 5.85. The van der Waals surface area contributed by atoms with Gasteiger partial charge in [-0.25, -0.2) is 0 Å². The van der Waals surface area contributed by atoms with Crippen molar-refractivity contribution < 1.29 is 4.74 Å². The van der Waals surface area contributed by atoms with E-state index in [1.165, 1.54) is 10.4 Å². The first-order valence-corrected chi connectivity index (χ1v) is 7.52. The van der Waals surface area contributed by atoms with Gasteiger partial charge in [0.05, 0.1) is 0 Å². The number of para-hydroxylation sites is 1. The van der Waals surface area contributed by atoms with E-state index < -0.39 is 0 Å². The number of benzene rings is 1. The van der Waals surface area contributed by atoms with Gasteiger partial charge in [-0.05, 0) is 53.0 Å². The average molecular weight is 326 g/mol. The van der Waals surface area contributed by atoms with Crippen LogP contribution in [0.25, 0.3) is 0 Å². The third-order valence-electron chi connectivity index (χ3n) is 2.69. The highest BCUT2D eigenvalue weighted by molar-refractivity contribution is 9.10. The van der Waals surface area contributed by atoms with Crippen LogP contribution in [0.3, 0.4) is 0 Å². The van der Waals surface area contributed by atoms with Crippen molar-refractivity contribution in [2.24, 2.45) is 5.73 Å². The minimum Gasteiger partial charge on any atom is -0.488 e.